The van der Waals surface area contributed by atoms with E-state index in [1.807, 2.05) is 18.2 Å². The number of benzene rings is 2. The van der Waals surface area contributed by atoms with Crippen LogP contribution in [0.15, 0.2) is 54.6 Å². The molecule has 1 aliphatic heterocycles. The molecule has 0 bridgehead atoms. The van der Waals surface area contributed by atoms with Crippen molar-refractivity contribution in [3.63, 3.8) is 0 Å². The predicted octanol–water partition coefficient (Wildman–Crippen LogP) is 2.91. The van der Waals surface area contributed by atoms with E-state index in [1.54, 1.807) is 24.3 Å². The Balaban J connectivity index is 1.54. The fourth-order valence-electron chi connectivity index (χ4n) is 2.96. The zero-order valence-electron chi connectivity index (χ0n) is 14.6. The summed E-state index contributed by atoms with van der Waals surface area (Å²) in [6.45, 7) is 3.67. The molecule has 1 fully saturated rings. The molecule has 2 aromatic carbocycles. The molecule has 6 heteroatoms. The highest BCUT2D eigenvalue weighted by Crippen LogP contribution is 2.21. The first-order valence-electron chi connectivity index (χ1n) is 8.74. The molecule has 5 nitrogen and oxygen atoms in total. The molecule has 26 heavy (non-hydrogen) atoms. The van der Waals surface area contributed by atoms with Crippen molar-refractivity contribution in [2.24, 2.45) is 0 Å². The number of hydrogen-bond donors (Lipinski definition) is 1. The van der Waals surface area contributed by atoms with E-state index in [0.717, 1.165) is 26.3 Å². The summed E-state index contributed by atoms with van der Waals surface area (Å²) in [6, 6.07) is 17.3. The van der Waals surface area contributed by atoms with Crippen LogP contribution in [0.25, 0.3) is 0 Å². The van der Waals surface area contributed by atoms with E-state index in [4.69, 9.17) is 21.1 Å². The smallest absolute Gasteiger partial charge is 0.258 e. The Bertz CT molecular complexity index is 688. The van der Waals surface area contributed by atoms with Gasteiger partial charge in [0.1, 0.15) is 5.75 Å². The highest BCUT2D eigenvalue weighted by atomic mass is 35.5. The van der Waals surface area contributed by atoms with Crippen LogP contribution in [-0.4, -0.2) is 50.3 Å². The molecule has 0 radical (unpaired) electrons. The molecule has 1 aliphatic rings. The summed E-state index contributed by atoms with van der Waals surface area (Å²) >= 11 is 5.84. The van der Waals surface area contributed by atoms with E-state index in [9.17, 15) is 4.79 Å². The number of halogens is 1. The van der Waals surface area contributed by atoms with Crippen molar-refractivity contribution in [2.75, 3.05) is 39.5 Å². The van der Waals surface area contributed by atoms with Gasteiger partial charge < -0.3 is 14.8 Å². The van der Waals surface area contributed by atoms with Gasteiger partial charge >= 0.3 is 0 Å². The van der Waals surface area contributed by atoms with Gasteiger partial charge in [0, 0.05) is 24.7 Å². The third kappa shape index (κ3) is 5.46. The number of carbonyl (C=O) groups excluding carboxylic acids is 1. The van der Waals surface area contributed by atoms with Crippen molar-refractivity contribution in [1.82, 2.24) is 10.2 Å². The van der Waals surface area contributed by atoms with E-state index >= 15 is 0 Å². The second-order valence-corrected chi connectivity index (χ2v) is 6.56. The summed E-state index contributed by atoms with van der Waals surface area (Å²) in [6.07, 6.45) is 0. The van der Waals surface area contributed by atoms with Crippen molar-refractivity contribution in [3.05, 3.63) is 65.2 Å². The standard InChI is InChI=1S/C20H23ClN2O3/c21-17-6-8-18(9-7-17)26-15-20(24)22-14-19(16-4-2-1-3-5-16)23-10-12-25-13-11-23/h1-9,19H,10-15H2,(H,22,24)/t19-/m1/s1. The molecule has 2 aromatic rings. The van der Waals surface area contributed by atoms with Crippen LogP contribution in [0.1, 0.15) is 11.6 Å². The van der Waals surface area contributed by atoms with Crippen LogP contribution >= 0.6 is 11.6 Å². The Morgan fingerprint density at radius 3 is 2.50 bits per heavy atom. The maximum absolute atomic E-state index is 12.2. The number of carbonyl (C=O) groups is 1. The summed E-state index contributed by atoms with van der Waals surface area (Å²) in [5.74, 6) is 0.478. The van der Waals surface area contributed by atoms with Crippen LogP contribution in [0.3, 0.4) is 0 Å². The lowest BCUT2D eigenvalue weighted by molar-refractivity contribution is -0.123. The molecule has 0 aromatic heterocycles. The molecule has 0 unspecified atom stereocenters. The summed E-state index contributed by atoms with van der Waals surface area (Å²) in [4.78, 5) is 14.5. The van der Waals surface area contributed by atoms with Crippen molar-refractivity contribution in [2.45, 2.75) is 6.04 Å². The van der Waals surface area contributed by atoms with Crippen molar-refractivity contribution in [3.8, 4) is 5.75 Å². The molecule has 1 saturated heterocycles. The quantitative estimate of drug-likeness (QED) is 0.809. The topological polar surface area (TPSA) is 50.8 Å². The predicted molar refractivity (Wildman–Crippen MR) is 102 cm³/mol. The van der Waals surface area contributed by atoms with Gasteiger partial charge in [-0.2, -0.15) is 0 Å². The number of nitrogens with zero attached hydrogens (tertiary/aromatic N) is 1. The van der Waals surface area contributed by atoms with E-state index < -0.39 is 0 Å². The molecule has 1 heterocycles. The van der Waals surface area contributed by atoms with Gasteiger partial charge in [-0.05, 0) is 29.8 Å². The van der Waals surface area contributed by atoms with Crippen LogP contribution in [0.5, 0.6) is 5.75 Å². The molecule has 0 saturated carbocycles. The van der Waals surface area contributed by atoms with Crippen molar-refractivity contribution in [1.29, 1.82) is 0 Å². The number of morpholine rings is 1. The van der Waals surface area contributed by atoms with Gasteiger partial charge in [0.2, 0.25) is 0 Å². The number of ether oxygens (including phenoxy) is 2. The van der Waals surface area contributed by atoms with Crippen LogP contribution in [-0.2, 0) is 9.53 Å². The Kier molecular flexibility index (Phi) is 6.89. The van der Waals surface area contributed by atoms with Crippen LogP contribution < -0.4 is 10.1 Å². The fourth-order valence-corrected chi connectivity index (χ4v) is 3.09. The molecular formula is C20H23ClN2O3. The third-order valence-corrected chi connectivity index (χ3v) is 4.60. The second-order valence-electron chi connectivity index (χ2n) is 6.12. The zero-order valence-corrected chi connectivity index (χ0v) is 15.3. The van der Waals surface area contributed by atoms with Crippen molar-refractivity contribution >= 4 is 17.5 Å². The van der Waals surface area contributed by atoms with Crippen LogP contribution in [0, 0.1) is 0 Å². The second kappa shape index (κ2) is 9.57. The minimum absolute atomic E-state index is 0.0216. The monoisotopic (exact) mass is 374 g/mol. The van der Waals surface area contributed by atoms with Gasteiger partial charge in [-0.25, -0.2) is 0 Å². The van der Waals surface area contributed by atoms with E-state index in [0.29, 0.717) is 17.3 Å². The Morgan fingerprint density at radius 1 is 1.12 bits per heavy atom. The van der Waals surface area contributed by atoms with Gasteiger partial charge in [-0.15, -0.1) is 0 Å². The molecule has 1 atom stereocenters. The Hall–Kier alpha value is -2.08. The van der Waals surface area contributed by atoms with Gasteiger partial charge in [0.25, 0.3) is 5.91 Å². The molecule has 3 rings (SSSR count). The van der Waals surface area contributed by atoms with Crippen molar-refractivity contribution < 1.29 is 14.3 Å². The maximum atomic E-state index is 12.2. The first-order valence-corrected chi connectivity index (χ1v) is 9.12. The lowest BCUT2D eigenvalue weighted by atomic mass is 10.0. The van der Waals surface area contributed by atoms with Gasteiger partial charge in [-0.3, -0.25) is 9.69 Å². The van der Waals surface area contributed by atoms with Crippen LogP contribution in [0.2, 0.25) is 5.02 Å². The average molecular weight is 375 g/mol. The summed E-state index contributed by atoms with van der Waals surface area (Å²) in [5, 5.41) is 3.62. The van der Waals surface area contributed by atoms with E-state index in [1.165, 1.54) is 5.56 Å². The number of hydrogen-bond acceptors (Lipinski definition) is 4. The Morgan fingerprint density at radius 2 is 1.81 bits per heavy atom. The van der Waals surface area contributed by atoms with Gasteiger partial charge in [0.15, 0.2) is 6.61 Å². The minimum Gasteiger partial charge on any atom is -0.484 e. The third-order valence-electron chi connectivity index (χ3n) is 4.35. The molecule has 1 amide bonds. The molecular weight excluding hydrogens is 352 g/mol. The van der Waals surface area contributed by atoms with Gasteiger partial charge in [0.05, 0.1) is 19.3 Å². The SMILES string of the molecule is O=C(COc1ccc(Cl)cc1)NC[C@H](c1ccccc1)N1CCOCC1. The molecule has 138 valence electrons. The average Bonchev–Trinajstić information content (AvgIpc) is 2.69. The largest absolute Gasteiger partial charge is 0.484 e. The van der Waals surface area contributed by atoms with Crippen LogP contribution in [0.4, 0.5) is 0 Å². The molecule has 0 spiro atoms. The molecule has 1 N–H and O–H groups in total. The van der Waals surface area contributed by atoms with E-state index in [2.05, 4.69) is 22.3 Å². The van der Waals surface area contributed by atoms with E-state index in [-0.39, 0.29) is 18.6 Å². The Labute approximate surface area is 158 Å². The summed E-state index contributed by atoms with van der Waals surface area (Å²) in [5.41, 5.74) is 1.19. The highest BCUT2D eigenvalue weighted by Gasteiger charge is 2.23. The summed E-state index contributed by atoms with van der Waals surface area (Å²) < 4.78 is 11.0. The first-order chi connectivity index (χ1) is 12.7. The number of rotatable bonds is 7. The number of amides is 1. The first kappa shape index (κ1) is 18.7. The lowest BCUT2D eigenvalue weighted by Gasteiger charge is -2.34. The van der Waals surface area contributed by atoms with Gasteiger partial charge in [-0.1, -0.05) is 41.9 Å². The maximum Gasteiger partial charge on any atom is 0.258 e. The molecule has 0 aliphatic carbocycles. The summed E-state index contributed by atoms with van der Waals surface area (Å²) in [7, 11) is 0. The normalized spacial score (nSPS) is 16.0. The number of nitrogens with one attached hydrogen (secondary N) is 1. The minimum atomic E-state index is -0.144. The fraction of sp³-hybridized carbons (Fsp3) is 0.350. The zero-order chi connectivity index (χ0) is 18.2. The lowest BCUT2D eigenvalue weighted by Crippen LogP contribution is -2.44. The highest BCUT2D eigenvalue weighted by molar-refractivity contribution is 6.30.